The molecule has 0 N–H and O–H groups in total. The Balaban J connectivity index is -0.000000131. The SMILES string of the molecule is CC.CCOC(C)=O.COC(C)=O. The molecule has 0 saturated heterocycles. The van der Waals surface area contributed by atoms with Gasteiger partial charge in [-0.3, -0.25) is 9.59 Å². The zero-order valence-corrected chi connectivity index (χ0v) is 9.34. The van der Waals surface area contributed by atoms with Gasteiger partial charge in [0.1, 0.15) is 0 Å². The predicted octanol–water partition coefficient (Wildman–Crippen LogP) is 1.77. The molecule has 0 aromatic rings. The summed E-state index contributed by atoms with van der Waals surface area (Å²) in [4.78, 5) is 19.4. The molecular weight excluding hydrogens is 172 g/mol. The number of carbonyl (C=O) groups is 2. The van der Waals surface area contributed by atoms with Crippen molar-refractivity contribution in [3.05, 3.63) is 0 Å². The monoisotopic (exact) mass is 192 g/mol. The van der Waals surface area contributed by atoms with E-state index in [0.29, 0.717) is 6.61 Å². The number of methoxy groups -OCH3 is 1. The summed E-state index contributed by atoms with van der Waals surface area (Å²) < 4.78 is 8.51. The number of rotatable bonds is 1. The van der Waals surface area contributed by atoms with Crippen LogP contribution in [0.1, 0.15) is 34.6 Å². The summed E-state index contributed by atoms with van der Waals surface area (Å²) in [5, 5.41) is 0. The van der Waals surface area contributed by atoms with Crippen molar-refractivity contribution in [2.75, 3.05) is 13.7 Å². The van der Waals surface area contributed by atoms with Gasteiger partial charge in [0.15, 0.2) is 0 Å². The molecule has 0 heterocycles. The first kappa shape index (κ1) is 17.9. The van der Waals surface area contributed by atoms with Gasteiger partial charge in [-0.25, -0.2) is 0 Å². The molecule has 0 aliphatic heterocycles. The molecule has 4 nitrogen and oxygen atoms in total. The Morgan fingerprint density at radius 3 is 1.38 bits per heavy atom. The maximum absolute atomic E-state index is 9.82. The van der Waals surface area contributed by atoms with E-state index in [1.807, 2.05) is 13.8 Å². The van der Waals surface area contributed by atoms with Gasteiger partial charge in [-0.1, -0.05) is 13.8 Å². The highest BCUT2D eigenvalue weighted by Gasteiger charge is 1.81. The fourth-order valence-corrected chi connectivity index (χ4v) is 0.203. The van der Waals surface area contributed by atoms with E-state index in [1.54, 1.807) is 6.92 Å². The van der Waals surface area contributed by atoms with Gasteiger partial charge in [-0.05, 0) is 6.92 Å². The number of hydrogen-bond acceptors (Lipinski definition) is 4. The van der Waals surface area contributed by atoms with Crippen molar-refractivity contribution in [1.29, 1.82) is 0 Å². The molecule has 0 aromatic carbocycles. The number of ether oxygens (including phenoxy) is 2. The highest BCUT2D eigenvalue weighted by molar-refractivity contribution is 5.65. The lowest BCUT2D eigenvalue weighted by Gasteiger charge is -1.89. The summed E-state index contributed by atoms with van der Waals surface area (Å²) in [6.07, 6.45) is 0. The molecule has 0 radical (unpaired) electrons. The molecular formula is C9H20O4. The highest BCUT2D eigenvalue weighted by atomic mass is 16.5. The third-order valence-corrected chi connectivity index (χ3v) is 0.635. The van der Waals surface area contributed by atoms with Gasteiger partial charge in [0.05, 0.1) is 13.7 Å². The molecule has 0 spiro atoms. The third kappa shape index (κ3) is 56.3. The van der Waals surface area contributed by atoms with Crippen LogP contribution in [0.5, 0.6) is 0 Å². The minimum atomic E-state index is -0.245. The summed E-state index contributed by atoms with van der Waals surface area (Å²) in [6.45, 7) is 9.01. The molecule has 4 heteroatoms. The minimum Gasteiger partial charge on any atom is -0.469 e. The Bertz CT molecular complexity index is 121. The van der Waals surface area contributed by atoms with Crippen molar-refractivity contribution in [2.24, 2.45) is 0 Å². The zero-order valence-electron chi connectivity index (χ0n) is 9.34. The average molecular weight is 192 g/mol. The number of hydrogen-bond donors (Lipinski definition) is 0. The van der Waals surface area contributed by atoms with E-state index >= 15 is 0 Å². The van der Waals surface area contributed by atoms with Gasteiger partial charge in [0.25, 0.3) is 0 Å². The minimum absolute atomic E-state index is 0.211. The van der Waals surface area contributed by atoms with Crippen LogP contribution in [-0.4, -0.2) is 25.7 Å². The normalized spacial score (nSPS) is 6.62. The van der Waals surface area contributed by atoms with Crippen LogP contribution >= 0.6 is 0 Å². The van der Waals surface area contributed by atoms with Crippen LogP contribution in [0, 0.1) is 0 Å². The first-order valence-electron chi connectivity index (χ1n) is 4.22. The lowest BCUT2D eigenvalue weighted by atomic mass is 10.8. The van der Waals surface area contributed by atoms with Gasteiger partial charge in [0, 0.05) is 13.8 Å². The van der Waals surface area contributed by atoms with Crippen LogP contribution in [0.2, 0.25) is 0 Å². The van der Waals surface area contributed by atoms with E-state index < -0.39 is 0 Å². The summed E-state index contributed by atoms with van der Waals surface area (Å²) >= 11 is 0. The molecule has 0 rings (SSSR count). The van der Waals surface area contributed by atoms with Gasteiger partial charge < -0.3 is 9.47 Å². The standard InChI is InChI=1S/C4H8O2.C3H6O2.C2H6/c1-3-6-4(2)5;1-3(4)5-2;1-2/h3H2,1-2H3;1-2H3;1-2H3. The molecule has 0 aliphatic rings. The van der Waals surface area contributed by atoms with Crippen molar-refractivity contribution in [2.45, 2.75) is 34.6 Å². The Kier molecular flexibility index (Phi) is 23.6. The Morgan fingerprint density at radius 2 is 1.38 bits per heavy atom. The van der Waals surface area contributed by atoms with Crippen LogP contribution in [0.15, 0.2) is 0 Å². The summed E-state index contributed by atoms with van der Waals surface area (Å²) in [7, 11) is 1.35. The molecule has 0 aromatic heterocycles. The highest BCUT2D eigenvalue weighted by Crippen LogP contribution is 1.69. The molecule has 0 unspecified atom stereocenters. The molecule has 0 fully saturated rings. The van der Waals surface area contributed by atoms with Crippen molar-refractivity contribution < 1.29 is 19.1 Å². The first-order chi connectivity index (χ1) is 6.04. The summed E-state index contributed by atoms with van der Waals surface area (Å²) in [5.74, 6) is -0.456. The first-order valence-corrected chi connectivity index (χ1v) is 4.22. The van der Waals surface area contributed by atoms with Crippen LogP contribution in [0.25, 0.3) is 0 Å². The van der Waals surface area contributed by atoms with Crippen LogP contribution in [0.3, 0.4) is 0 Å². The summed E-state index contributed by atoms with van der Waals surface area (Å²) in [5.41, 5.74) is 0. The van der Waals surface area contributed by atoms with Crippen LogP contribution in [-0.2, 0) is 19.1 Å². The van der Waals surface area contributed by atoms with Crippen molar-refractivity contribution in [1.82, 2.24) is 0 Å². The van der Waals surface area contributed by atoms with Crippen molar-refractivity contribution in [3.8, 4) is 0 Å². The van der Waals surface area contributed by atoms with Gasteiger partial charge in [-0.2, -0.15) is 0 Å². The van der Waals surface area contributed by atoms with Gasteiger partial charge in [0.2, 0.25) is 0 Å². The van der Waals surface area contributed by atoms with Crippen molar-refractivity contribution in [3.63, 3.8) is 0 Å². The second-order valence-corrected chi connectivity index (χ2v) is 1.62. The molecule has 0 saturated carbocycles. The van der Waals surface area contributed by atoms with E-state index in [1.165, 1.54) is 21.0 Å². The summed E-state index contributed by atoms with van der Waals surface area (Å²) in [6, 6.07) is 0. The molecule has 13 heavy (non-hydrogen) atoms. The Morgan fingerprint density at radius 1 is 1.08 bits per heavy atom. The average Bonchev–Trinajstić information content (AvgIpc) is 2.09. The quantitative estimate of drug-likeness (QED) is 0.594. The maximum atomic E-state index is 9.82. The molecule has 0 bridgehead atoms. The zero-order chi connectivity index (χ0) is 11.3. The molecule has 0 aliphatic carbocycles. The van der Waals surface area contributed by atoms with E-state index in [0.717, 1.165) is 0 Å². The topological polar surface area (TPSA) is 52.6 Å². The Labute approximate surface area is 80.2 Å². The fourth-order valence-electron chi connectivity index (χ4n) is 0.203. The van der Waals surface area contributed by atoms with E-state index in [2.05, 4.69) is 9.47 Å². The smallest absolute Gasteiger partial charge is 0.302 e. The number of esters is 2. The fraction of sp³-hybridized carbons (Fsp3) is 0.778. The van der Waals surface area contributed by atoms with Gasteiger partial charge in [-0.15, -0.1) is 0 Å². The van der Waals surface area contributed by atoms with Gasteiger partial charge >= 0.3 is 11.9 Å². The second-order valence-electron chi connectivity index (χ2n) is 1.62. The maximum Gasteiger partial charge on any atom is 0.302 e. The third-order valence-electron chi connectivity index (χ3n) is 0.635. The van der Waals surface area contributed by atoms with Crippen molar-refractivity contribution >= 4 is 11.9 Å². The van der Waals surface area contributed by atoms with E-state index in [4.69, 9.17) is 0 Å². The van der Waals surface area contributed by atoms with E-state index in [-0.39, 0.29) is 11.9 Å². The molecule has 80 valence electrons. The Hall–Kier alpha value is -1.06. The predicted molar refractivity (Wildman–Crippen MR) is 51.3 cm³/mol. The number of carbonyl (C=O) groups excluding carboxylic acids is 2. The largest absolute Gasteiger partial charge is 0.469 e. The molecule has 0 atom stereocenters. The van der Waals surface area contributed by atoms with E-state index in [9.17, 15) is 9.59 Å². The van der Waals surface area contributed by atoms with Crippen LogP contribution < -0.4 is 0 Å². The lowest BCUT2D eigenvalue weighted by molar-refractivity contribution is -0.140. The second kappa shape index (κ2) is 17.1. The molecule has 0 amide bonds. The lowest BCUT2D eigenvalue weighted by Crippen LogP contribution is -1.95. The van der Waals surface area contributed by atoms with Crippen LogP contribution in [0.4, 0.5) is 0 Å².